The van der Waals surface area contributed by atoms with Gasteiger partial charge in [0.2, 0.25) is 0 Å². The van der Waals surface area contributed by atoms with Gasteiger partial charge in [-0.15, -0.1) is 11.3 Å². The van der Waals surface area contributed by atoms with Gasteiger partial charge in [-0.1, -0.05) is 39.7 Å². The van der Waals surface area contributed by atoms with Crippen molar-refractivity contribution in [3.8, 4) is 0 Å². The van der Waals surface area contributed by atoms with Gasteiger partial charge in [0.05, 0.1) is 6.04 Å². The van der Waals surface area contributed by atoms with Gasteiger partial charge in [-0.05, 0) is 29.1 Å². The molecule has 15 heavy (non-hydrogen) atoms. The lowest BCUT2D eigenvalue weighted by molar-refractivity contribution is 0.887. The summed E-state index contributed by atoms with van der Waals surface area (Å²) in [6.45, 7) is 0. The summed E-state index contributed by atoms with van der Waals surface area (Å²) in [5.74, 6) is 0. The Kier molecular flexibility index (Phi) is 3.46. The van der Waals surface area contributed by atoms with E-state index in [9.17, 15) is 0 Å². The molecule has 0 saturated carbocycles. The summed E-state index contributed by atoms with van der Waals surface area (Å²) >= 11 is 11.0. The maximum Gasteiger partial charge on any atom is 0.0657 e. The molecule has 2 rings (SSSR count). The number of hydrogen-bond donors (Lipinski definition) is 1. The molecule has 2 N–H and O–H groups in total. The van der Waals surface area contributed by atoms with E-state index in [0.29, 0.717) is 5.02 Å². The summed E-state index contributed by atoms with van der Waals surface area (Å²) in [4.78, 5) is 1.15. The molecular formula is C11H9BrClNS. The van der Waals surface area contributed by atoms with Crippen LogP contribution in [0.25, 0.3) is 0 Å². The Labute approximate surface area is 106 Å². The molecule has 0 aliphatic heterocycles. The van der Waals surface area contributed by atoms with Crippen LogP contribution < -0.4 is 5.73 Å². The Balaban J connectivity index is 2.38. The molecule has 0 amide bonds. The number of rotatable bonds is 2. The lowest BCUT2D eigenvalue weighted by atomic mass is 10.1. The van der Waals surface area contributed by atoms with E-state index in [1.165, 1.54) is 0 Å². The van der Waals surface area contributed by atoms with Crippen molar-refractivity contribution in [3.63, 3.8) is 0 Å². The summed E-state index contributed by atoms with van der Waals surface area (Å²) in [5.41, 5.74) is 7.21. The second-order valence-electron chi connectivity index (χ2n) is 3.16. The van der Waals surface area contributed by atoms with Crippen molar-refractivity contribution in [2.75, 3.05) is 0 Å². The number of halogens is 2. The van der Waals surface area contributed by atoms with Crippen LogP contribution in [0.3, 0.4) is 0 Å². The number of thiophene rings is 1. The smallest absolute Gasteiger partial charge is 0.0657 e. The van der Waals surface area contributed by atoms with E-state index >= 15 is 0 Å². The Morgan fingerprint density at radius 1 is 1.33 bits per heavy atom. The largest absolute Gasteiger partial charge is 0.320 e. The van der Waals surface area contributed by atoms with Crippen molar-refractivity contribution in [2.45, 2.75) is 6.04 Å². The van der Waals surface area contributed by atoms with Gasteiger partial charge in [0.25, 0.3) is 0 Å². The fourth-order valence-electron chi connectivity index (χ4n) is 1.38. The second kappa shape index (κ2) is 4.66. The summed E-state index contributed by atoms with van der Waals surface area (Å²) in [6, 6.07) is 9.63. The Morgan fingerprint density at radius 3 is 2.73 bits per heavy atom. The molecule has 4 heteroatoms. The molecule has 0 radical (unpaired) electrons. The molecule has 0 saturated heterocycles. The van der Waals surface area contributed by atoms with Crippen LogP contribution in [0, 0.1) is 0 Å². The first-order valence-corrected chi connectivity index (χ1v) is 6.47. The van der Waals surface area contributed by atoms with E-state index in [2.05, 4.69) is 15.9 Å². The van der Waals surface area contributed by atoms with Gasteiger partial charge in [-0.25, -0.2) is 0 Å². The van der Waals surface area contributed by atoms with E-state index in [1.54, 1.807) is 11.3 Å². The lowest BCUT2D eigenvalue weighted by Gasteiger charge is -2.12. The zero-order valence-corrected chi connectivity index (χ0v) is 10.9. The number of hydrogen-bond acceptors (Lipinski definition) is 2. The van der Waals surface area contributed by atoms with E-state index in [-0.39, 0.29) is 6.04 Å². The zero-order chi connectivity index (χ0) is 10.8. The molecule has 78 valence electrons. The van der Waals surface area contributed by atoms with E-state index in [1.807, 2.05) is 35.7 Å². The first kappa shape index (κ1) is 11.1. The monoisotopic (exact) mass is 301 g/mol. The first-order valence-electron chi connectivity index (χ1n) is 4.42. The zero-order valence-electron chi connectivity index (χ0n) is 7.78. The van der Waals surface area contributed by atoms with Crippen molar-refractivity contribution < 1.29 is 0 Å². The van der Waals surface area contributed by atoms with Crippen LogP contribution in [0.4, 0.5) is 0 Å². The first-order chi connectivity index (χ1) is 7.18. The van der Waals surface area contributed by atoms with Crippen LogP contribution in [0.15, 0.2) is 40.2 Å². The van der Waals surface area contributed by atoms with Crippen molar-refractivity contribution in [3.05, 3.63) is 55.6 Å². The Morgan fingerprint density at radius 2 is 2.13 bits per heavy atom. The highest BCUT2D eigenvalue weighted by atomic mass is 79.9. The lowest BCUT2D eigenvalue weighted by Crippen LogP contribution is -2.10. The highest BCUT2D eigenvalue weighted by molar-refractivity contribution is 9.10. The van der Waals surface area contributed by atoms with Crippen molar-refractivity contribution in [2.24, 2.45) is 5.73 Å². The van der Waals surface area contributed by atoms with Gasteiger partial charge in [-0.2, -0.15) is 0 Å². The Hall–Kier alpha value is -0.350. The van der Waals surface area contributed by atoms with Crippen molar-refractivity contribution >= 4 is 38.9 Å². The molecular weight excluding hydrogens is 294 g/mol. The average molecular weight is 303 g/mol. The molecule has 2 aromatic rings. The van der Waals surface area contributed by atoms with E-state index in [0.717, 1.165) is 14.9 Å². The highest BCUT2D eigenvalue weighted by Crippen LogP contribution is 2.30. The summed E-state index contributed by atoms with van der Waals surface area (Å²) in [5, 5.41) is 2.74. The molecule has 0 spiro atoms. The van der Waals surface area contributed by atoms with Crippen LogP contribution in [0.1, 0.15) is 16.5 Å². The third-order valence-electron chi connectivity index (χ3n) is 2.15. The standard InChI is InChI=1S/C11H9BrClNS/c12-9-6-7(13)3-4-8(9)11(14)10-2-1-5-15-10/h1-6,11H,14H2/t11-/m0/s1. The molecule has 1 heterocycles. The molecule has 0 unspecified atom stereocenters. The maximum absolute atomic E-state index is 6.15. The second-order valence-corrected chi connectivity index (χ2v) is 5.43. The molecule has 1 aromatic heterocycles. The van der Waals surface area contributed by atoms with Crippen LogP contribution in [-0.4, -0.2) is 0 Å². The quantitative estimate of drug-likeness (QED) is 0.883. The van der Waals surface area contributed by atoms with E-state index in [4.69, 9.17) is 17.3 Å². The molecule has 0 bridgehead atoms. The third-order valence-corrected chi connectivity index (χ3v) is 4.02. The normalized spacial score (nSPS) is 12.7. The maximum atomic E-state index is 6.15. The fourth-order valence-corrected chi connectivity index (χ4v) is 3.05. The molecule has 0 aliphatic rings. The van der Waals surface area contributed by atoms with Gasteiger partial charge in [0.1, 0.15) is 0 Å². The summed E-state index contributed by atoms with van der Waals surface area (Å²) < 4.78 is 0.955. The topological polar surface area (TPSA) is 26.0 Å². The van der Waals surface area contributed by atoms with Gasteiger partial charge >= 0.3 is 0 Å². The minimum absolute atomic E-state index is 0.0864. The molecule has 1 atom stereocenters. The minimum atomic E-state index is -0.0864. The van der Waals surface area contributed by atoms with Crippen LogP contribution in [0.2, 0.25) is 5.02 Å². The Bertz CT molecular complexity index is 456. The van der Waals surface area contributed by atoms with Gasteiger partial charge in [-0.3, -0.25) is 0 Å². The molecule has 1 aromatic carbocycles. The molecule has 0 aliphatic carbocycles. The summed E-state index contributed by atoms with van der Waals surface area (Å²) in [7, 11) is 0. The number of nitrogens with two attached hydrogens (primary N) is 1. The van der Waals surface area contributed by atoms with Gasteiger partial charge in [0, 0.05) is 14.4 Å². The molecule has 1 nitrogen and oxygen atoms in total. The highest BCUT2D eigenvalue weighted by Gasteiger charge is 2.12. The third kappa shape index (κ3) is 2.42. The average Bonchev–Trinajstić information content (AvgIpc) is 2.69. The van der Waals surface area contributed by atoms with Gasteiger partial charge in [0.15, 0.2) is 0 Å². The van der Waals surface area contributed by atoms with Crippen LogP contribution in [0.5, 0.6) is 0 Å². The SMILES string of the molecule is N[C@H](c1cccs1)c1ccc(Cl)cc1Br. The summed E-state index contributed by atoms with van der Waals surface area (Å²) in [6.07, 6.45) is 0. The van der Waals surface area contributed by atoms with Crippen molar-refractivity contribution in [1.29, 1.82) is 0 Å². The van der Waals surface area contributed by atoms with Crippen LogP contribution >= 0.6 is 38.9 Å². The van der Waals surface area contributed by atoms with Gasteiger partial charge < -0.3 is 5.73 Å². The molecule has 0 fully saturated rings. The predicted octanol–water partition coefficient (Wildman–Crippen LogP) is 4.21. The predicted molar refractivity (Wildman–Crippen MR) is 69.5 cm³/mol. The van der Waals surface area contributed by atoms with Crippen molar-refractivity contribution in [1.82, 2.24) is 0 Å². The fraction of sp³-hybridized carbons (Fsp3) is 0.0909. The van der Waals surface area contributed by atoms with E-state index < -0.39 is 0 Å². The minimum Gasteiger partial charge on any atom is -0.320 e. The van der Waals surface area contributed by atoms with Crippen LogP contribution in [-0.2, 0) is 0 Å². The number of benzene rings is 1.